The molecule has 1 aromatic carbocycles. The van der Waals surface area contributed by atoms with E-state index in [-0.39, 0.29) is 51.1 Å². The van der Waals surface area contributed by atoms with Gasteiger partial charge in [0.1, 0.15) is 18.0 Å². The molecule has 0 bridgehead atoms. The van der Waals surface area contributed by atoms with Crippen molar-refractivity contribution >= 4 is 21.6 Å². The molecule has 0 N–H and O–H groups in total. The molecule has 0 aromatic heterocycles. The highest BCUT2D eigenvalue weighted by Crippen LogP contribution is 2.28. The summed E-state index contributed by atoms with van der Waals surface area (Å²) >= 11 is 0. The van der Waals surface area contributed by atoms with Crippen LogP contribution in [0.1, 0.15) is 6.92 Å². The lowest BCUT2D eigenvalue weighted by Crippen LogP contribution is -2.61. The summed E-state index contributed by atoms with van der Waals surface area (Å²) in [4.78, 5) is 13.8. The summed E-state index contributed by atoms with van der Waals surface area (Å²) in [6, 6.07) is 5.60. The second kappa shape index (κ2) is 6.99. The number of sulfonamides is 1. The van der Waals surface area contributed by atoms with Crippen molar-refractivity contribution in [1.82, 2.24) is 4.31 Å². The number of ether oxygens (including phenoxy) is 2. The van der Waals surface area contributed by atoms with Crippen LogP contribution < -0.4 is 4.90 Å². The molecule has 2 aliphatic rings. The average molecular weight is 372 g/mol. The van der Waals surface area contributed by atoms with Crippen molar-refractivity contribution in [3.8, 4) is 0 Å². The van der Waals surface area contributed by atoms with Gasteiger partial charge < -0.3 is 14.4 Å². The summed E-state index contributed by atoms with van der Waals surface area (Å²) in [5.74, 6) is -0.660. The fraction of sp³-hybridized carbons (Fsp3) is 0.562. The van der Waals surface area contributed by atoms with Crippen LogP contribution in [0.2, 0.25) is 0 Å². The lowest BCUT2D eigenvalue weighted by Gasteiger charge is -2.42. The van der Waals surface area contributed by atoms with Crippen LogP contribution in [0, 0.1) is 5.82 Å². The third kappa shape index (κ3) is 3.84. The van der Waals surface area contributed by atoms with Crippen LogP contribution in [0.5, 0.6) is 0 Å². The van der Waals surface area contributed by atoms with Crippen molar-refractivity contribution in [2.24, 2.45) is 0 Å². The molecule has 0 saturated carbocycles. The summed E-state index contributed by atoms with van der Waals surface area (Å²) < 4.78 is 50.4. The van der Waals surface area contributed by atoms with E-state index in [2.05, 4.69) is 0 Å². The van der Waals surface area contributed by atoms with Gasteiger partial charge in [-0.2, -0.15) is 4.31 Å². The summed E-state index contributed by atoms with van der Waals surface area (Å²) in [6.45, 7) is 2.39. The summed E-state index contributed by atoms with van der Waals surface area (Å²) in [5, 5.41) is 0. The lowest BCUT2D eigenvalue weighted by molar-refractivity contribution is -0.145. The Morgan fingerprint density at radius 2 is 1.96 bits per heavy atom. The first-order valence-corrected chi connectivity index (χ1v) is 9.72. The molecule has 2 heterocycles. The van der Waals surface area contributed by atoms with Crippen LogP contribution in [0.25, 0.3) is 0 Å². The van der Waals surface area contributed by atoms with Crippen LogP contribution in [0.4, 0.5) is 10.1 Å². The van der Waals surface area contributed by atoms with E-state index in [4.69, 9.17) is 9.47 Å². The van der Waals surface area contributed by atoms with Crippen LogP contribution in [0.3, 0.4) is 0 Å². The molecule has 7 nitrogen and oxygen atoms in total. The van der Waals surface area contributed by atoms with E-state index in [0.29, 0.717) is 5.69 Å². The quantitative estimate of drug-likeness (QED) is 0.777. The number of halogens is 1. The van der Waals surface area contributed by atoms with Gasteiger partial charge in [0.2, 0.25) is 10.0 Å². The molecule has 1 amide bonds. The second-order valence-corrected chi connectivity index (χ2v) is 8.47. The summed E-state index contributed by atoms with van der Waals surface area (Å²) in [6.07, 6.45) is 0. The van der Waals surface area contributed by atoms with Crippen molar-refractivity contribution in [1.29, 1.82) is 0 Å². The maximum Gasteiger partial charge on any atom is 0.253 e. The minimum atomic E-state index is -3.40. The van der Waals surface area contributed by atoms with Gasteiger partial charge in [0, 0.05) is 18.8 Å². The zero-order chi connectivity index (χ0) is 18.1. The molecule has 2 fully saturated rings. The maximum absolute atomic E-state index is 13.2. The molecule has 25 heavy (non-hydrogen) atoms. The molecule has 0 aliphatic carbocycles. The third-order valence-electron chi connectivity index (χ3n) is 4.46. The molecule has 2 saturated heterocycles. The van der Waals surface area contributed by atoms with Crippen molar-refractivity contribution in [3.05, 3.63) is 30.1 Å². The SMILES string of the molecule is CCS(=O)(=O)N1CCOC[C@@]2(CN(c3ccc(F)cc3)C(=O)CO2)C1. The van der Waals surface area contributed by atoms with E-state index in [1.807, 2.05) is 0 Å². The van der Waals surface area contributed by atoms with Crippen molar-refractivity contribution < 1.29 is 27.1 Å². The third-order valence-corrected chi connectivity index (χ3v) is 6.29. The average Bonchev–Trinajstić information content (AvgIpc) is 2.81. The topological polar surface area (TPSA) is 76.2 Å². The van der Waals surface area contributed by atoms with Gasteiger partial charge in [-0.15, -0.1) is 0 Å². The molecule has 138 valence electrons. The van der Waals surface area contributed by atoms with E-state index in [0.717, 1.165) is 0 Å². The number of hydrogen-bond donors (Lipinski definition) is 0. The Hall–Kier alpha value is -1.55. The zero-order valence-electron chi connectivity index (χ0n) is 14.0. The van der Waals surface area contributed by atoms with Crippen LogP contribution in [-0.2, 0) is 24.3 Å². The molecule has 9 heteroatoms. The Balaban J connectivity index is 1.87. The van der Waals surface area contributed by atoms with Gasteiger partial charge >= 0.3 is 0 Å². The molecule has 1 aromatic rings. The van der Waals surface area contributed by atoms with Gasteiger partial charge in [-0.3, -0.25) is 4.79 Å². The van der Waals surface area contributed by atoms with E-state index in [9.17, 15) is 17.6 Å². The zero-order valence-corrected chi connectivity index (χ0v) is 14.8. The molecular weight excluding hydrogens is 351 g/mol. The monoisotopic (exact) mass is 372 g/mol. The van der Waals surface area contributed by atoms with Gasteiger partial charge in [0.05, 0.1) is 25.5 Å². The van der Waals surface area contributed by atoms with Crippen LogP contribution >= 0.6 is 0 Å². The first kappa shape index (κ1) is 18.2. The minimum absolute atomic E-state index is 0.0102. The Labute approximate surface area is 146 Å². The van der Waals surface area contributed by atoms with Crippen LogP contribution in [-0.4, -0.2) is 69.4 Å². The predicted octanol–water partition coefficient (Wildman–Crippen LogP) is 0.610. The highest BCUT2D eigenvalue weighted by molar-refractivity contribution is 7.89. The number of morpholine rings is 1. The second-order valence-electron chi connectivity index (χ2n) is 6.21. The number of carbonyl (C=O) groups excluding carboxylic acids is 1. The number of anilines is 1. The van der Waals surface area contributed by atoms with Gasteiger partial charge in [0.25, 0.3) is 5.91 Å². The first-order chi connectivity index (χ1) is 11.9. The molecule has 0 radical (unpaired) electrons. The fourth-order valence-electron chi connectivity index (χ4n) is 3.04. The number of carbonyl (C=O) groups is 1. The maximum atomic E-state index is 13.2. The van der Waals surface area contributed by atoms with E-state index >= 15 is 0 Å². The van der Waals surface area contributed by atoms with Gasteiger partial charge in [-0.1, -0.05) is 0 Å². The Kier molecular flexibility index (Phi) is 5.10. The Bertz CT molecular complexity index is 739. The molecule has 0 unspecified atom stereocenters. The van der Waals surface area contributed by atoms with E-state index in [1.54, 1.807) is 6.92 Å². The molecule has 2 aliphatic heterocycles. The van der Waals surface area contributed by atoms with Crippen molar-refractivity contribution in [3.63, 3.8) is 0 Å². The van der Waals surface area contributed by atoms with Crippen molar-refractivity contribution in [2.75, 3.05) is 50.1 Å². The van der Waals surface area contributed by atoms with E-state index in [1.165, 1.54) is 33.5 Å². The highest BCUT2D eigenvalue weighted by Gasteiger charge is 2.45. The normalized spacial score (nSPS) is 26.0. The Morgan fingerprint density at radius 1 is 1.24 bits per heavy atom. The standard InChI is InChI=1S/C16H21FN2O5S/c1-2-25(21,22)18-7-8-23-12-16(10-18)11-19(15(20)9-24-16)14-5-3-13(17)4-6-14/h3-6H,2,7-12H2,1H3/t16-/m0/s1. The predicted molar refractivity (Wildman–Crippen MR) is 89.3 cm³/mol. The molecule has 1 spiro atoms. The first-order valence-electron chi connectivity index (χ1n) is 8.11. The van der Waals surface area contributed by atoms with E-state index < -0.39 is 21.4 Å². The largest absolute Gasteiger partial charge is 0.377 e. The number of rotatable bonds is 3. The van der Waals surface area contributed by atoms with Crippen LogP contribution in [0.15, 0.2) is 24.3 Å². The molecule has 1 atom stereocenters. The van der Waals surface area contributed by atoms with Gasteiger partial charge in [-0.05, 0) is 31.2 Å². The summed E-state index contributed by atoms with van der Waals surface area (Å²) in [7, 11) is -3.40. The van der Waals surface area contributed by atoms with Crippen molar-refractivity contribution in [2.45, 2.75) is 12.5 Å². The number of amides is 1. The minimum Gasteiger partial charge on any atom is -0.377 e. The molecular formula is C16H21FN2O5S. The smallest absolute Gasteiger partial charge is 0.253 e. The summed E-state index contributed by atoms with van der Waals surface area (Å²) in [5.41, 5.74) is -0.399. The van der Waals surface area contributed by atoms with Gasteiger partial charge in [0.15, 0.2) is 0 Å². The fourth-order valence-corrected chi connectivity index (χ4v) is 4.19. The van der Waals surface area contributed by atoms with Gasteiger partial charge in [-0.25, -0.2) is 12.8 Å². The number of nitrogens with zero attached hydrogens (tertiary/aromatic N) is 2. The highest BCUT2D eigenvalue weighted by atomic mass is 32.2. The Morgan fingerprint density at radius 3 is 2.64 bits per heavy atom. The number of hydrogen-bond acceptors (Lipinski definition) is 5. The molecule has 3 rings (SSSR count). The number of benzene rings is 1. The lowest BCUT2D eigenvalue weighted by atomic mass is 10.0.